The molecule has 2 heterocycles. The van der Waals surface area contributed by atoms with E-state index in [0.717, 1.165) is 18.7 Å². The first-order valence-electron chi connectivity index (χ1n) is 10.2. The van der Waals surface area contributed by atoms with Gasteiger partial charge in [-0.3, -0.25) is 9.69 Å². The fourth-order valence-corrected chi connectivity index (χ4v) is 3.67. The number of piperazine rings is 1. The van der Waals surface area contributed by atoms with Crippen molar-refractivity contribution < 1.29 is 14.3 Å². The van der Waals surface area contributed by atoms with E-state index in [9.17, 15) is 9.59 Å². The van der Waals surface area contributed by atoms with Gasteiger partial charge in [-0.25, -0.2) is 4.79 Å². The maximum Gasteiger partial charge on any atom is 0.320 e. The van der Waals surface area contributed by atoms with Gasteiger partial charge in [-0.2, -0.15) is 0 Å². The Balaban J connectivity index is 1.48. The van der Waals surface area contributed by atoms with E-state index in [0.29, 0.717) is 52.5 Å². The second-order valence-corrected chi connectivity index (χ2v) is 7.75. The van der Waals surface area contributed by atoms with Gasteiger partial charge in [0.2, 0.25) is 5.91 Å². The normalized spacial score (nSPS) is 18.4. The van der Waals surface area contributed by atoms with Crippen molar-refractivity contribution in [2.24, 2.45) is 0 Å². The molecule has 28 heavy (non-hydrogen) atoms. The minimum atomic E-state index is 0.0992. The Morgan fingerprint density at radius 2 is 1.57 bits per heavy atom. The Hall–Kier alpha value is -2.12. The van der Waals surface area contributed by atoms with Gasteiger partial charge in [0.15, 0.2) is 0 Å². The number of amides is 3. The van der Waals surface area contributed by atoms with Crippen molar-refractivity contribution in [2.75, 3.05) is 59.0 Å². The number of benzene rings is 1. The molecule has 0 atom stereocenters. The third-order valence-electron chi connectivity index (χ3n) is 5.42. The number of hydrogen-bond acceptors (Lipinski definition) is 4. The van der Waals surface area contributed by atoms with Crippen molar-refractivity contribution in [3.8, 4) is 0 Å². The second-order valence-electron chi connectivity index (χ2n) is 7.75. The van der Waals surface area contributed by atoms with E-state index < -0.39 is 0 Å². The molecule has 0 aromatic heterocycles. The lowest BCUT2D eigenvalue weighted by Crippen LogP contribution is -2.56. The van der Waals surface area contributed by atoms with Gasteiger partial charge in [0.25, 0.3) is 0 Å². The molecule has 0 N–H and O–H groups in total. The van der Waals surface area contributed by atoms with Crippen molar-refractivity contribution in [1.29, 1.82) is 0 Å². The Morgan fingerprint density at radius 3 is 2.18 bits per heavy atom. The number of carbonyl (C=O) groups is 2. The second kappa shape index (κ2) is 9.89. The average Bonchev–Trinajstić information content (AvgIpc) is 2.73. The van der Waals surface area contributed by atoms with Crippen molar-refractivity contribution >= 4 is 11.9 Å². The summed E-state index contributed by atoms with van der Waals surface area (Å²) in [5.74, 6) is 0.145. The van der Waals surface area contributed by atoms with Crippen LogP contribution >= 0.6 is 0 Å². The predicted molar refractivity (Wildman–Crippen MR) is 108 cm³/mol. The minimum Gasteiger partial charge on any atom is -0.378 e. The Bertz CT molecular complexity index is 638. The van der Waals surface area contributed by atoms with Gasteiger partial charge in [0, 0.05) is 51.9 Å². The molecule has 3 amide bonds. The highest BCUT2D eigenvalue weighted by molar-refractivity contribution is 5.78. The molecule has 1 aromatic carbocycles. The van der Waals surface area contributed by atoms with Crippen LogP contribution in [0.1, 0.15) is 19.4 Å². The maximum absolute atomic E-state index is 12.9. The molecule has 0 aliphatic carbocycles. The Kier molecular flexibility index (Phi) is 7.28. The van der Waals surface area contributed by atoms with E-state index in [4.69, 9.17) is 4.74 Å². The van der Waals surface area contributed by atoms with Crippen LogP contribution in [0.25, 0.3) is 0 Å². The summed E-state index contributed by atoms with van der Waals surface area (Å²) in [5, 5.41) is 0. The zero-order valence-electron chi connectivity index (χ0n) is 17.0. The fourth-order valence-electron chi connectivity index (χ4n) is 3.67. The van der Waals surface area contributed by atoms with Gasteiger partial charge in [-0.05, 0) is 19.4 Å². The SMILES string of the molecule is CC(C)N(Cc1ccccc1)C(=O)CN1CCN(C(=O)N2CCOCC2)CC1. The summed E-state index contributed by atoms with van der Waals surface area (Å²) in [6.07, 6.45) is 0. The van der Waals surface area contributed by atoms with Crippen LogP contribution < -0.4 is 0 Å². The topological polar surface area (TPSA) is 56.3 Å². The van der Waals surface area contributed by atoms with Crippen molar-refractivity contribution in [1.82, 2.24) is 19.6 Å². The number of ether oxygens (including phenoxy) is 1. The molecule has 0 bridgehead atoms. The van der Waals surface area contributed by atoms with Crippen LogP contribution in [0, 0.1) is 0 Å². The van der Waals surface area contributed by atoms with Gasteiger partial charge >= 0.3 is 6.03 Å². The minimum absolute atomic E-state index is 0.0992. The molecular formula is C21H32N4O3. The van der Waals surface area contributed by atoms with E-state index >= 15 is 0 Å². The van der Waals surface area contributed by atoms with Gasteiger partial charge in [0.05, 0.1) is 19.8 Å². The molecule has 2 fully saturated rings. The summed E-state index contributed by atoms with van der Waals surface area (Å²) in [5.41, 5.74) is 1.14. The molecule has 0 saturated carbocycles. The van der Waals surface area contributed by atoms with E-state index in [2.05, 4.69) is 30.9 Å². The van der Waals surface area contributed by atoms with Crippen molar-refractivity contribution in [3.05, 3.63) is 35.9 Å². The number of rotatable bonds is 5. The summed E-state index contributed by atoms with van der Waals surface area (Å²) in [7, 11) is 0. The van der Waals surface area contributed by atoms with Crippen LogP contribution in [0.5, 0.6) is 0 Å². The van der Waals surface area contributed by atoms with Crippen molar-refractivity contribution in [2.45, 2.75) is 26.4 Å². The lowest BCUT2D eigenvalue weighted by atomic mass is 10.2. The van der Waals surface area contributed by atoms with E-state index in [1.54, 1.807) is 0 Å². The number of carbonyl (C=O) groups excluding carboxylic acids is 2. The molecular weight excluding hydrogens is 356 g/mol. The lowest BCUT2D eigenvalue weighted by molar-refractivity contribution is -0.135. The Labute approximate surface area is 167 Å². The molecule has 2 aliphatic rings. The summed E-state index contributed by atoms with van der Waals surface area (Å²) in [6, 6.07) is 10.4. The van der Waals surface area contributed by atoms with Gasteiger partial charge in [-0.15, -0.1) is 0 Å². The summed E-state index contributed by atoms with van der Waals surface area (Å²) >= 11 is 0. The molecule has 7 nitrogen and oxygen atoms in total. The average molecular weight is 389 g/mol. The lowest BCUT2D eigenvalue weighted by Gasteiger charge is -2.39. The summed E-state index contributed by atoms with van der Waals surface area (Å²) < 4.78 is 5.32. The molecule has 3 rings (SSSR count). The number of hydrogen-bond donors (Lipinski definition) is 0. The molecule has 154 valence electrons. The van der Waals surface area contributed by atoms with E-state index in [-0.39, 0.29) is 18.0 Å². The monoisotopic (exact) mass is 388 g/mol. The van der Waals surface area contributed by atoms with Crippen molar-refractivity contribution in [3.63, 3.8) is 0 Å². The van der Waals surface area contributed by atoms with Crippen LogP contribution in [-0.4, -0.2) is 96.6 Å². The largest absolute Gasteiger partial charge is 0.378 e. The quantitative estimate of drug-likeness (QED) is 0.767. The molecule has 0 spiro atoms. The van der Waals surface area contributed by atoms with Crippen LogP contribution in [0.3, 0.4) is 0 Å². The highest BCUT2D eigenvalue weighted by Gasteiger charge is 2.28. The maximum atomic E-state index is 12.9. The van der Waals surface area contributed by atoms with Gasteiger partial charge in [-0.1, -0.05) is 30.3 Å². The highest BCUT2D eigenvalue weighted by atomic mass is 16.5. The molecule has 1 aromatic rings. The first kappa shape index (κ1) is 20.6. The zero-order chi connectivity index (χ0) is 19.9. The third kappa shape index (κ3) is 5.45. The number of nitrogens with zero attached hydrogens (tertiary/aromatic N) is 4. The first-order valence-corrected chi connectivity index (χ1v) is 10.2. The summed E-state index contributed by atoms with van der Waals surface area (Å²) in [4.78, 5) is 33.3. The zero-order valence-corrected chi connectivity index (χ0v) is 17.0. The summed E-state index contributed by atoms with van der Waals surface area (Å²) in [6.45, 7) is 10.5. The number of morpholine rings is 1. The number of urea groups is 1. The van der Waals surface area contributed by atoms with Crippen LogP contribution in [0.2, 0.25) is 0 Å². The smallest absolute Gasteiger partial charge is 0.320 e. The van der Waals surface area contributed by atoms with Crippen LogP contribution in [0.4, 0.5) is 4.79 Å². The first-order chi connectivity index (χ1) is 13.5. The van der Waals surface area contributed by atoms with Gasteiger partial charge in [0.1, 0.15) is 0 Å². The molecule has 2 aliphatic heterocycles. The predicted octanol–water partition coefficient (Wildman–Crippen LogP) is 1.49. The molecule has 7 heteroatoms. The fraction of sp³-hybridized carbons (Fsp3) is 0.619. The third-order valence-corrected chi connectivity index (χ3v) is 5.42. The Morgan fingerprint density at radius 1 is 0.964 bits per heavy atom. The highest BCUT2D eigenvalue weighted by Crippen LogP contribution is 2.12. The van der Waals surface area contributed by atoms with Gasteiger partial charge < -0.3 is 19.4 Å². The van der Waals surface area contributed by atoms with Crippen LogP contribution in [0.15, 0.2) is 30.3 Å². The molecule has 0 unspecified atom stereocenters. The van der Waals surface area contributed by atoms with E-state index in [1.165, 1.54) is 0 Å². The standard InChI is InChI=1S/C21H32N4O3/c1-18(2)25(16-19-6-4-3-5-7-19)20(26)17-22-8-10-23(11-9-22)21(27)24-12-14-28-15-13-24/h3-7,18H,8-17H2,1-2H3. The molecule has 0 radical (unpaired) electrons. The molecule has 2 saturated heterocycles. The van der Waals surface area contributed by atoms with E-state index in [1.807, 2.05) is 32.9 Å². The van der Waals surface area contributed by atoms with Crippen LogP contribution in [-0.2, 0) is 16.1 Å².